The minimum atomic E-state index is -1.15. The van der Waals surface area contributed by atoms with Crippen LogP contribution in [0.3, 0.4) is 0 Å². The summed E-state index contributed by atoms with van der Waals surface area (Å²) in [4.78, 5) is 23.1. The molecule has 2 rings (SSSR count). The molecule has 0 aliphatic heterocycles. The molecule has 0 bridgehead atoms. The van der Waals surface area contributed by atoms with E-state index in [1.165, 1.54) is 6.07 Å². The topological polar surface area (TPSA) is 88.8 Å². The second-order valence-electron chi connectivity index (χ2n) is 5.00. The van der Waals surface area contributed by atoms with E-state index in [0.717, 1.165) is 19.1 Å². The number of rotatable bonds is 6. The maximum absolute atomic E-state index is 13.4. The van der Waals surface area contributed by atoms with E-state index in [2.05, 4.69) is 21.2 Å². The second kappa shape index (κ2) is 8.11. The van der Waals surface area contributed by atoms with Crippen molar-refractivity contribution >= 4 is 33.7 Å². The Morgan fingerprint density at radius 1 is 1.32 bits per heavy atom. The highest BCUT2D eigenvalue weighted by molar-refractivity contribution is 9.09. The van der Waals surface area contributed by atoms with E-state index in [1.807, 2.05) is 0 Å². The number of hydrogen-bond acceptors (Lipinski definition) is 5. The zero-order valence-corrected chi connectivity index (χ0v) is 14.7. The highest BCUT2D eigenvalue weighted by Crippen LogP contribution is 2.46. The third-order valence-corrected chi connectivity index (χ3v) is 3.62. The van der Waals surface area contributed by atoms with Gasteiger partial charge in [-0.15, -0.1) is 0 Å². The number of esters is 1. The van der Waals surface area contributed by atoms with Gasteiger partial charge in [-0.2, -0.15) is 0 Å². The summed E-state index contributed by atoms with van der Waals surface area (Å²) >= 11 is 3.19. The van der Waals surface area contributed by atoms with Crippen molar-refractivity contribution in [3.05, 3.63) is 29.8 Å². The average molecular weight is 418 g/mol. The fourth-order valence-electron chi connectivity index (χ4n) is 1.98. The summed E-state index contributed by atoms with van der Waals surface area (Å²) in [5.41, 5.74) is 0.00533. The summed E-state index contributed by atoms with van der Waals surface area (Å²) in [5.74, 6) is -5.00. The number of carbonyl (C=O) groups is 2. The first-order valence-electron chi connectivity index (χ1n) is 7.19. The van der Waals surface area contributed by atoms with Gasteiger partial charge in [-0.1, -0.05) is 15.9 Å². The summed E-state index contributed by atoms with van der Waals surface area (Å²) in [7, 11) is 0. The van der Waals surface area contributed by atoms with E-state index in [4.69, 9.17) is 9.15 Å². The van der Waals surface area contributed by atoms with Crippen molar-refractivity contribution in [3.63, 3.8) is 0 Å². The number of amides is 1. The highest BCUT2D eigenvalue weighted by atomic mass is 79.9. The normalized spacial score (nSPS) is 10.6. The molecule has 0 aliphatic carbocycles. The number of hydrogen-bond donors (Lipinski definition) is 2. The molecule has 1 heterocycles. The minimum absolute atomic E-state index is 0.00533. The summed E-state index contributed by atoms with van der Waals surface area (Å²) in [5, 5.41) is 13.2. The van der Waals surface area contributed by atoms with Gasteiger partial charge in [-0.25, -0.2) is 8.78 Å². The van der Waals surface area contributed by atoms with Crippen LogP contribution in [0.1, 0.15) is 19.8 Å². The van der Waals surface area contributed by atoms with E-state index in [9.17, 15) is 23.5 Å². The van der Waals surface area contributed by atoms with Crippen LogP contribution in [0.15, 0.2) is 22.6 Å². The average Bonchev–Trinajstić information content (AvgIpc) is 2.84. The molecule has 0 aliphatic rings. The van der Waals surface area contributed by atoms with Gasteiger partial charge in [0.2, 0.25) is 23.3 Å². The maximum atomic E-state index is 13.4. The molecule has 134 valence electrons. The van der Waals surface area contributed by atoms with E-state index >= 15 is 0 Å². The Kier molecular flexibility index (Phi) is 6.13. The summed E-state index contributed by atoms with van der Waals surface area (Å²) in [6, 6.07) is 2.83. The number of ether oxygens (including phenoxy) is 1. The van der Waals surface area contributed by atoms with E-state index < -0.39 is 35.0 Å². The van der Waals surface area contributed by atoms with Gasteiger partial charge in [-0.3, -0.25) is 14.9 Å². The van der Waals surface area contributed by atoms with Gasteiger partial charge < -0.3 is 14.3 Å². The predicted molar refractivity (Wildman–Crippen MR) is 88.7 cm³/mol. The Morgan fingerprint density at radius 2 is 2.04 bits per heavy atom. The first kappa shape index (κ1) is 18.9. The zero-order valence-electron chi connectivity index (χ0n) is 13.1. The highest BCUT2D eigenvalue weighted by Gasteiger charge is 2.26. The molecule has 0 atom stereocenters. The molecule has 9 heteroatoms. The molecule has 1 aromatic heterocycles. The molecule has 25 heavy (non-hydrogen) atoms. The van der Waals surface area contributed by atoms with Crippen molar-refractivity contribution in [3.8, 4) is 22.8 Å². The fourth-order valence-corrected chi connectivity index (χ4v) is 2.26. The Morgan fingerprint density at radius 3 is 2.64 bits per heavy atom. The van der Waals surface area contributed by atoms with Crippen LogP contribution in [0.5, 0.6) is 11.5 Å². The van der Waals surface area contributed by atoms with Crippen molar-refractivity contribution < 1.29 is 32.6 Å². The molecule has 1 aromatic carbocycles. The number of halogens is 3. The van der Waals surface area contributed by atoms with E-state index in [1.54, 1.807) is 0 Å². The van der Waals surface area contributed by atoms with Gasteiger partial charge >= 0.3 is 5.97 Å². The third-order valence-electron chi connectivity index (χ3n) is 3.06. The van der Waals surface area contributed by atoms with Crippen molar-refractivity contribution in [2.24, 2.45) is 0 Å². The van der Waals surface area contributed by atoms with Crippen LogP contribution < -0.4 is 10.1 Å². The number of aromatic hydroxyl groups is 1. The van der Waals surface area contributed by atoms with Crippen molar-refractivity contribution in [1.29, 1.82) is 0 Å². The first-order valence-corrected chi connectivity index (χ1v) is 8.31. The van der Waals surface area contributed by atoms with Crippen molar-refractivity contribution in [2.45, 2.75) is 19.8 Å². The molecule has 0 saturated carbocycles. The number of furan rings is 1. The molecule has 1 amide bonds. The van der Waals surface area contributed by atoms with Crippen LogP contribution in [0.4, 0.5) is 14.7 Å². The fraction of sp³-hybridized carbons (Fsp3) is 0.250. The lowest BCUT2D eigenvalue weighted by Crippen LogP contribution is -2.12. The molecule has 0 unspecified atom stereocenters. The SMILES string of the molecule is CC(=O)Oc1c(NC(=O)CCCBr)oc(-c2ccc(F)c(F)c2)c1O. The molecule has 0 radical (unpaired) electrons. The van der Waals surface area contributed by atoms with Crippen LogP contribution in [0.2, 0.25) is 0 Å². The Bertz CT molecular complexity index is 806. The van der Waals surface area contributed by atoms with Crippen LogP contribution in [0.25, 0.3) is 11.3 Å². The number of carbonyl (C=O) groups excluding carboxylic acids is 2. The third kappa shape index (κ3) is 4.56. The number of anilines is 1. The van der Waals surface area contributed by atoms with Gasteiger partial charge in [-0.05, 0) is 24.6 Å². The number of nitrogens with one attached hydrogen (secondary N) is 1. The lowest BCUT2D eigenvalue weighted by molar-refractivity contribution is -0.132. The van der Waals surface area contributed by atoms with Gasteiger partial charge in [0.05, 0.1) is 0 Å². The lowest BCUT2D eigenvalue weighted by atomic mass is 10.1. The Balaban J connectivity index is 2.42. The zero-order chi connectivity index (χ0) is 18.6. The van der Waals surface area contributed by atoms with Gasteiger partial charge in [0, 0.05) is 24.2 Å². The van der Waals surface area contributed by atoms with Crippen molar-refractivity contribution in [2.75, 3.05) is 10.6 Å². The molecule has 0 fully saturated rings. The first-order chi connectivity index (χ1) is 11.8. The standard InChI is InChI=1S/C16H14BrF2NO5/c1-8(21)24-15-13(23)14(9-4-5-10(18)11(19)7-9)25-16(15)20-12(22)3-2-6-17/h4-5,7,23H,2-3,6H2,1H3,(H,20,22). The summed E-state index contributed by atoms with van der Waals surface area (Å²) in [6.45, 7) is 1.10. The molecule has 2 aromatic rings. The largest absolute Gasteiger partial charge is 0.502 e. The molecule has 0 spiro atoms. The number of benzene rings is 1. The lowest BCUT2D eigenvalue weighted by Gasteiger charge is -2.04. The smallest absolute Gasteiger partial charge is 0.308 e. The maximum Gasteiger partial charge on any atom is 0.308 e. The summed E-state index contributed by atoms with van der Waals surface area (Å²) < 4.78 is 36.7. The van der Waals surface area contributed by atoms with Gasteiger partial charge in [0.15, 0.2) is 17.4 Å². The van der Waals surface area contributed by atoms with Crippen LogP contribution in [-0.4, -0.2) is 22.3 Å². The van der Waals surface area contributed by atoms with Crippen LogP contribution >= 0.6 is 15.9 Å². The van der Waals surface area contributed by atoms with Gasteiger partial charge in [0.25, 0.3) is 0 Å². The van der Waals surface area contributed by atoms with Gasteiger partial charge in [0.1, 0.15) is 0 Å². The molecule has 6 nitrogen and oxygen atoms in total. The Labute approximate surface area is 149 Å². The monoisotopic (exact) mass is 417 g/mol. The quantitative estimate of drug-likeness (QED) is 0.548. The van der Waals surface area contributed by atoms with E-state index in [0.29, 0.717) is 11.8 Å². The van der Waals surface area contributed by atoms with E-state index in [-0.39, 0.29) is 23.6 Å². The van der Waals surface area contributed by atoms with Crippen LogP contribution in [0, 0.1) is 11.6 Å². The molecular formula is C16H14BrF2NO5. The van der Waals surface area contributed by atoms with Crippen LogP contribution in [-0.2, 0) is 9.59 Å². The molecule has 2 N–H and O–H groups in total. The minimum Gasteiger partial charge on any atom is -0.502 e. The molecule has 0 saturated heterocycles. The van der Waals surface area contributed by atoms with Crippen molar-refractivity contribution in [1.82, 2.24) is 0 Å². The second-order valence-corrected chi connectivity index (χ2v) is 5.79. The Hall–Kier alpha value is -2.42. The predicted octanol–water partition coefficient (Wildman–Crippen LogP) is 3.97. The summed E-state index contributed by atoms with van der Waals surface area (Å²) in [6.07, 6.45) is 0.712. The number of alkyl halides is 1. The molecular weight excluding hydrogens is 404 g/mol.